The van der Waals surface area contributed by atoms with Crippen molar-refractivity contribution in [2.24, 2.45) is 0 Å². The molecule has 1 aliphatic rings. The van der Waals surface area contributed by atoms with Crippen LogP contribution in [-0.4, -0.2) is 24.3 Å². The maximum atomic E-state index is 12.8. The number of hydrogen-bond donors (Lipinski definition) is 0. The summed E-state index contributed by atoms with van der Waals surface area (Å²) in [4.78, 5) is 5.20. The van der Waals surface area contributed by atoms with Crippen LogP contribution in [0.3, 0.4) is 0 Å². The van der Waals surface area contributed by atoms with Gasteiger partial charge in [-0.3, -0.25) is 0 Å². The van der Waals surface area contributed by atoms with Crippen LogP contribution in [0.2, 0.25) is 5.15 Å². The van der Waals surface area contributed by atoms with Gasteiger partial charge in [0.15, 0.2) is 0 Å². The predicted molar refractivity (Wildman–Crippen MR) is 79.6 cm³/mol. The lowest BCUT2D eigenvalue weighted by Gasteiger charge is -2.32. The highest BCUT2D eigenvalue weighted by molar-refractivity contribution is 7.89. The lowest BCUT2D eigenvalue weighted by molar-refractivity contribution is 0.329. The van der Waals surface area contributed by atoms with Gasteiger partial charge in [-0.15, -0.1) is 11.3 Å². The number of rotatable bonds is 2. The van der Waals surface area contributed by atoms with Crippen molar-refractivity contribution >= 4 is 33.0 Å². The van der Waals surface area contributed by atoms with Crippen LogP contribution >= 0.6 is 22.9 Å². The molecule has 0 aliphatic carbocycles. The Kier molecular flexibility index (Phi) is 3.58. The Bertz CT molecular complexity index is 742. The summed E-state index contributed by atoms with van der Waals surface area (Å²) in [6.45, 7) is 2.38. The smallest absolute Gasteiger partial charge is 0.243 e. The van der Waals surface area contributed by atoms with Crippen LogP contribution in [0, 0.1) is 0 Å². The molecule has 0 saturated heterocycles. The third-order valence-electron chi connectivity index (χ3n) is 3.53. The third-order valence-corrected chi connectivity index (χ3v) is 6.94. The van der Waals surface area contributed by atoms with Crippen LogP contribution in [0.4, 0.5) is 0 Å². The SMILES string of the molecule is CC1c2ccsc2CCN1S(=O)(=O)c1cccnc1Cl. The van der Waals surface area contributed by atoms with Gasteiger partial charge in [0.2, 0.25) is 10.0 Å². The van der Waals surface area contributed by atoms with Crippen LogP contribution in [0.1, 0.15) is 23.4 Å². The highest BCUT2D eigenvalue weighted by Crippen LogP contribution is 2.37. The van der Waals surface area contributed by atoms with Gasteiger partial charge in [0.05, 0.1) is 0 Å². The van der Waals surface area contributed by atoms with Crippen molar-refractivity contribution in [1.29, 1.82) is 0 Å². The standard InChI is InChI=1S/C13H13ClN2O2S2/c1-9-10-5-8-19-11(10)4-7-16(9)20(17,18)12-3-2-6-15-13(12)14/h2-3,5-6,8-9H,4,7H2,1H3. The Labute approximate surface area is 127 Å². The number of fused-ring (bicyclic) bond motifs is 1. The van der Waals surface area contributed by atoms with Gasteiger partial charge in [0, 0.05) is 23.7 Å². The summed E-state index contributed by atoms with van der Waals surface area (Å²) >= 11 is 7.62. The summed E-state index contributed by atoms with van der Waals surface area (Å²) in [5.41, 5.74) is 1.09. The molecule has 0 saturated carbocycles. The highest BCUT2D eigenvalue weighted by atomic mass is 35.5. The first kappa shape index (κ1) is 14.0. The first-order chi connectivity index (χ1) is 9.51. The number of thiophene rings is 1. The Morgan fingerprint density at radius 2 is 2.25 bits per heavy atom. The van der Waals surface area contributed by atoms with Crippen LogP contribution in [0.15, 0.2) is 34.7 Å². The molecular formula is C13H13ClN2O2S2. The first-order valence-electron chi connectivity index (χ1n) is 6.20. The molecule has 1 unspecified atom stereocenters. The number of aromatic nitrogens is 1. The lowest BCUT2D eigenvalue weighted by atomic mass is 10.0. The van der Waals surface area contributed by atoms with Gasteiger partial charge in [-0.25, -0.2) is 13.4 Å². The van der Waals surface area contributed by atoms with Crippen LogP contribution in [0.25, 0.3) is 0 Å². The molecule has 3 heterocycles. The molecular weight excluding hydrogens is 316 g/mol. The molecule has 0 spiro atoms. The molecule has 7 heteroatoms. The molecule has 0 fully saturated rings. The summed E-state index contributed by atoms with van der Waals surface area (Å²) < 4.78 is 27.0. The minimum Gasteiger partial charge on any atom is -0.243 e. The fourth-order valence-electron chi connectivity index (χ4n) is 2.50. The van der Waals surface area contributed by atoms with Crippen molar-refractivity contribution in [3.8, 4) is 0 Å². The number of nitrogens with zero attached hydrogens (tertiary/aromatic N) is 2. The minimum absolute atomic E-state index is 0.0239. The van der Waals surface area contributed by atoms with Crippen LogP contribution < -0.4 is 0 Å². The Morgan fingerprint density at radius 1 is 1.45 bits per heavy atom. The first-order valence-corrected chi connectivity index (χ1v) is 8.90. The zero-order chi connectivity index (χ0) is 14.3. The van der Waals surface area contributed by atoms with Crippen molar-refractivity contribution in [1.82, 2.24) is 9.29 Å². The summed E-state index contributed by atoms with van der Waals surface area (Å²) in [6.07, 6.45) is 2.23. The monoisotopic (exact) mass is 328 g/mol. The Balaban J connectivity index is 2.04. The highest BCUT2D eigenvalue weighted by Gasteiger charge is 2.35. The summed E-state index contributed by atoms with van der Waals surface area (Å²) in [6, 6.07) is 4.91. The molecule has 3 rings (SSSR count). The van der Waals surface area contributed by atoms with Crippen molar-refractivity contribution in [2.75, 3.05) is 6.54 Å². The van der Waals surface area contributed by atoms with Gasteiger partial charge in [-0.1, -0.05) is 11.6 Å². The Morgan fingerprint density at radius 3 is 3.00 bits per heavy atom. The largest absolute Gasteiger partial charge is 0.246 e. The van der Waals surface area contributed by atoms with Crippen LogP contribution in [-0.2, 0) is 16.4 Å². The van der Waals surface area contributed by atoms with Crippen molar-refractivity contribution < 1.29 is 8.42 Å². The van der Waals surface area contributed by atoms with E-state index in [1.165, 1.54) is 21.4 Å². The van der Waals surface area contributed by atoms with E-state index in [9.17, 15) is 8.42 Å². The zero-order valence-corrected chi connectivity index (χ0v) is 13.2. The van der Waals surface area contributed by atoms with Gasteiger partial charge in [-0.05, 0) is 42.5 Å². The molecule has 20 heavy (non-hydrogen) atoms. The second-order valence-electron chi connectivity index (χ2n) is 4.63. The van der Waals surface area contributed by atoms with Crippen molar-refractivity contribution in [3.05, 3.63) is 45.4 Å². The van der Waals surface area contributed by atoms with E-state index in [2.05, 4.69) is 4.98 Å². The molecule has 0 radical (unpaired) electrons. The van der Waals surface area contributed by atoms with E-state index in [4.69, 9.17) is 11.6 Å². The Hall–Kier alpha value is -0.950. The summed E-state index contributed by atoms with van der Waals surface area (Å²) in [7, 11) is -3.62. The fraction of sp³-hybridized carbons (Fsp3) is 0.308. The van der Waals surface area contributed by atoms with E-state index >= 15 is 0 Å². The van der Waals surface area contributed by atoms with E-state index in [1.807, 2.05) is 18.4 Å². The molecule has 4 nitrogen and oxygen atoms in total. The molecule has 0 aromatic carbocycles. The third kappa shape index (κ3) is 2.16. The van der Waals surface area contributed by atoms with Gasteiger partial charge < -0.3 is 0 Å². The lowest BCUT2D eigenvalue weighted by Crippen LogP contribution is -2.38. The normalized spacial score (nSPS) is 19.8. The number of halogens is 1. The second kappa shape index (κ2) is 5.11. The molecule has 2 aromatic heterocycles. The van der Waals surface area contributed by atoms with Crippen molar-refractivity contribution in [2.45, 2.75) is 24.3 Å². The van der Waals surface area contributed by atoms with Gasteiger partial charge >= 0.3 is 0 Å². The zero-order valence-electron chi connectivity index (χ0n) is 10.8. The maximum absolute atomic E-state index is 12.8. The summed E-state index contributed by atoms with van der Waals surface area (Å²) in [5.74, 6) is 0. The van der Waals surface area contributed by atoms with E-state index < -0.39 is 10.0 Å². The number of pyridine rings is 1. The predicted octanol–water partition coefficient (Wildman–Crippen LogP) is 3.10. The fourth-order valence-corrected chi connectivity index (χ4v) is 5.51. The number of sulfonamides is 1. The summed E-state index contributed by atoms with van der Waals surface area (Å²) in [5, 5.41) is 2.03. The second-order valence-corrected chi connectivity index (χ2v) is 7.85. The number of hydrogen-bond acceptors (Lipinski definition) is 4. The van der Waals surface area contributed by atoms with E-state index in [0.717, 1.165) is 12.0 Å². The minimum atomic E-state index is -3.62. The van der Waals surface area contributed by atoms with E-state index in [1.54, 1.807) is 17.4 Å². The van der Waals surface area contributed by atoms with Crippen molar-refractivity contribution in [3.63, 3.8) is 0 Å². The molecule has 1 atom stereocenters. The quantitative estimate of drug-likeness (QED) is 0.796. The van der Waals surface area contributed by atoms with Gasteiger partial charge in [0.25, 0.3) is 0 Å². The van der Waals surface area contributed by atoms with E-state index in [-0.39, 0.29) is 16.1 Å². The average Bonchev–Trinajstić information content (AvgIpc) is 2.88. The molecule has 2 aromatic rings. The molecule has 0 bridgehead atoms. The topological polar surface area (TPSA) is 50.3 Å². The van der Waals surface area contributed by atoms with Gasteiger partial charge in [-0.2, -0.15) is 4.31 Å². The molecule has 0 amide bonds. The molecule has 0 N–H and O–H groups in total. The van der Waals surface area contributed by atoms with Gasteiger partial charge in [0.1, 0.15) is 10.0 Å². The average molecular weight is 329 g/mol. The van der Waals surface area contributed by atoms with Crippen LogP contribution in [0.5, 0.6) is 0 Å². The maximum Gasteiger partial charge on any atom is 0.246 e. The molecule has 106 valence electrons. The van der Waals surface area contributed by atoms with E-state index in [0.29, 0.717) is 6.54 Å². The molecule has 1 aliphatic heterocycles.